The molecule has 1 rings (SSSR count). The molecule has 0 aliphatic heterocycles. The lowest BCUT2D eigenvalue weighted by molar-refractivity contribution is -0.122. The number of alkyl halides is 3. The molecule has 4 nitrogen and oxygen atoms in total. The fourth-order valence-electron chi connectivity index (χ4n) is 0.952. The van der Waals surface area contributed by atoms with Crippen molar-refractivity contribution in [3.8, 4) is 5.75 Å². The molecular formula is C9H8ClF3N2O2. The van der Waals surface area contributed by atoms with Crippen LogP contribution in [0.2, 0.25) is 5.02 Å². The van der Waals surface area contributed by atoms with Crippen molar-refractivity contribution < 1.29 is 23.1 Å². The number of halogens is 4. The molecule has 0 heterocycles. The lowest BCUT2D eigenvalue weighted by Gasteiger charge is -2.10. The molecule has 0 spiro atoms. The summed E-state index contributed by atoms with van der Waals surface area (Å²) in [5.41, 5.74) is 0.101. The summed E-state index contributed by atoms with van der Waals surface area (Å²) in [4.78, 5) is 11.1. The van der Waals surface area contributed by atoms with Crippen molar-refractivity contribution in [2.24, 2.45) is 0 Å². The number of carbonyl (C=O) groups is 1. The Morgan fingerprint density at radius 2 is 2.06 bits per heavy atom. The monoisotopic (exact) mass is 268 g/mol. The molecule has 0 fully saturated rings. The molecular weight excluding hydrogens is 261 g/mol. The van der Waals surface area contributed by atoms with E-state index in [1.807, 2.05) is 0 Å². The van der Waals surface area contributed by atoms with Crippen LogP contribution in [-0.2, 0) is 0 Å². The highest BCUT2D eigenvalue weighted by Crippen LogP contribution is 2.25. The van der Waals surface area contributed by atoms with Gasteiger partial charge in [-0.1, -0.05) is 11.6 Å². The zero-order valence-electron chi connectivity index (χ0n) is 8.31. The van der Waals surface area contributed by atoms with Gasteiger partial charge in [0.1, 0.15) is 12.3 Å². The van der Waals surface area contributed by atoms with E-state index in [0.29, 0.717) is 0 Å². The number of nitrogens with one attached hydrogen (secondary N) is 2. The summed E-state index contributed by atoms with van der Waals surface area (Å²) in [5.74, 6) is -0.115. The number of amides is 2. The van der Waals surface area contributed by atoms with E-state index in [1.165, 1.54) is 12.1 Å². The molecule has 17 heavy (non-hydrogen) atoms. The highest BCUT2D eigenvalue weighted by Gasteiger charge is 2.27. The van der Waals surface area contributed by atoms with Gasteiger partial charge in [-0.3, -0.25) is 0 Å². The predicted octanol–water partition coefficient (Wildman–Crippen LogP) is 2.73. The number of benzene rings is 1. The first-order valence-electron chi connectivity index (χ1n) is 4.38. The summed E-state index contributed by atoms with van der Waals surface area (Å²) in [5, 5.41) is 12.8. The van der Waals surface area contributed by atoms with Crippen LogP contribution in [0.3, 0.4) is 0 Å². The standard InChI is InChI=1S/C9H8ClF3N2O2/c10-6-3-5(16)1-2-7(6)15-8(17)14-4-9(11,12)13/h1-3,16H,4H2,(H2,14,15,17). The van der Waals surface area contributed by atoms with Crippen LogP contribution in [0.5, 0.6) is 5.75 Å². The molecule has 0 unspecified atom stereocenters. The van der Waals surface area contributed by atoms with Gasteiger partial charge in [0.25, 0.3) is 0 Å². The Hall–Kier alpha value is -1.63. The first kappa shape index (κ1) is 13.4. The molecule has 0 radical (unpaired) electrons. The van der Waals surface area contributed by atoms with Gasteiger partial charge in [-0.15, -0.1) is 0 Å². The molecule has 0 saturated carbocycles. The number of hydrogen-bond acceptors (Lipinski definition) is 2. The Morgan fingerprint density at radius 3 is 2.59 bits per heavy atom. The molecule has 3 N–H and O–H groups in total. The minimum Gasteiger partial charge on any atom is -0.508 e. The summed E-state index contributed by atoms with van der Waals surface area (Å²) in [6, 6.07) is 2.63. The second-order valence-corrected chi connectivity index (χ2v) is 3.49. The molecule has 0 aliphatic rings. The van der Waals surface area contributed by atoms with E-state index < -0.39 is 18.8 Å². The first-order chi connectivity index (χ1) is 7.78. The van der Waals surface area contributed by atoms with Crippen molar-refractivity contribution in [3.63, 3.8) is 0 Å². The maximum Gasteiger partial charge on any atom is 0.405 e. The Bertz CT molecular complexity index is 423. The fourth-order valence-corrected chi connectivity index (χ4v) is 1.17. The van der Waals surface area contributed by atoms with Gasteiger partial charge in [0, 0.05) is 6.07 Å². The molecule has 0 atom stereocenters. The first-order valence-corrected chi connectivity index (χ1v) is 4.76. The van der Waals surface area contributed by atoms with Crippen molar-refractivity contribution in [1.29, 1.82) is 0 Å². The number of anilines is 1. The second kappa shape index (κ2) is 5.13. The van der Waals surface area contributed by atoms with E-state index in [1.54, 1.807) is 5.32 Å². The van der Waals surface area contributed by atoms with E-state index in [9.17, 15) is 18.0 Å². The van der Waals surface area contributed by atoms with Crippen LogP contribution in [0, 0.1) is 0 Å². The number of phenolic OH excluding ortho intramolecular Hbond substituents is 1. The molecule has 0 aliphatic carbocycles. The Morgan fingerprint density at radius 1 is 1.41 bits per heavy atom. The molecule has 1 aromatic rings. The minimum absolute atomic E-state index is 0.0205. The molecule has 94 valence electrons. The van der Waals surface area contributed by atoms with Gasteiger partial charge in [0.2, 0.25) is 0 Å². The van der Waals surface area contributed by atoms with Crippen LogP contribution in [-0.4, -0.2) is 23.9 Å². The lowest BCUT2D eigenvalue weighted by Crippen LogP contribution is -2.36. The van der Waals surface area contributed by atoms with Crippen LogP contribution in [0.25, 0.3) is 0 Å². The van der Waals surface area contributed by atoms with Gasteiger partial charge < -0.3 is 15.7 Å². The van der Waals surface area contributed by atoms with Gasteiger partial charge in [0.05, 0.1) is 10.7 Å². The number of carbonyl (C=O) groups excluding carboxylic acids is 1. The maximum absolute atomic E-state index is 11.8. The quantitative estimate of drug-likeness (QED) is 0.722. The Balaban J connectivity index is 2.57. The van der Waals surface area contributed by atoms with Gasteiger partial charge >= 0.3 is 12.2 Å². The van der Waals surface area contributed by atoms with Gasteiger partial charge in [-0.05, 0) is 12.1 Å². The van der Waals surface area contributed by atoms with Crippen molar-refractivity contribution >= 4 is 23.3 Å². The molecule has 1 aromatic carbocycles. The number of aromatic hydroxyl groups is 1. The topological polar surface area (TPSA) is 61.4 Å². The van der Waals surface area contributed by atoms with Gasteiger partial charge in [-0.2, -0.15) is 13.2 Å². The number of hydrogen-bond donors (Lipinski definition) is 3. The predicted molar refractivity (Wildman–Crippen MR) is 56.2 cm³/mol. The smallest absolute Gasteiger partial charge is 0.405 e. The highest BCUT2D eigenvalue weighted by atomic mass is 35.5. The van der Waals surface area contributed by atoms with Crippen LogP contribution < -0.4 is 10.6 Å². The molecule has 8 heteroatoms. The average Bonchev–Trinajstić information content (AvgIpc) is 2.18. The Labute approximate surface area is 99.4 Å². The zero-order chi connectivity index (χ0) is 13.1. The number of urea groups is 1. The van der Waals surface area contributed by atoms with Gasteiger partial charge in [-0.25, -0.2) is 4.79 Å². The van der Waals surface area contributed by atoms with E-state index in [0.717, 1.165) is 6.07 Å². The van der Waals surface area contributed by atoms with Gasteiger partial charge in [0.15, 0.2) is 0 Å². The van der Waals surface area contributed by atoms with E-state index in [4.69, 9.17) is 16.7 Å². The summed E-state index contributed by atoms with van der Waals surface area (Å²) >= 11 is 5.64. The van der Waals surface area contributed by atoms with Crippen molar-refractivity contribution in [3.05, 3.63) is 23.2 Å². The summed E-state index contributed by atoms with van der Waals surface area (Å²) in [6.07, 6.45) is -4.48. The fraction of sp³-hybridized carbons (Fsp3) is 0.222. The third-order valence-electron chi connectivity index (χ3n) is 1.65. The number of rotatable bonds is 2. The van der Waals surface area contributed by atoms with Crippen molar-refractivity contribution in [2.45, 2.75) is 6.18 Å². The number of phenols is 1. The van der Waals surface area contributed by atoms with Crippen molar-refractivity contribution in [2.75, 3.05) is 11.9 Å². The molecule has 0 saturated heterocycles. The van der Waals surface area contributed by atoms with Crippen LogP contribution in [0.4, 0.5) is 23.7 Å². The normalized spacial score (nSPS) is 11.1. The third kappa shape index (κ3) is 4.81. The molecule has 0 bridgehead atoms. The Kier molecular flexibility index (Phi) is 4.06. The summed E-state index contributed by atoms with van der Waals surface area (Å²) in [6.45, 7) is -1.44. The van der Waals surface area contributed by atoms with E-state index in [-0.39, 0.29) is 16.5 Å². The minimum atomic E-state index is -4.48. The second-order valence-electron chi connectivity index (χ2n) is 3.09. The maximum atomic E-state index is 11.8. The van der Waals surface area contributed by atoms with E-state index >= 15 is 0 Å². The molecule has 2 amide bonds. The van der Waals surface area contributed by atoms with Crippen LogP contribution >= 0.6 is 11.6 Å². The third-order valence-corrected chi connectivity index (χ3v) is 1.96. The van der Waals surface area contributed by atoms with Crippen molar-refractivity contribution in [1.82, 2.24) is 5.32 Å². The lowest BCUT2D eigenvalue weighted by atomic mass is 10.3. The molecule has 0 aromatic heterocycles. The largest absolute Gasteiger partial charge is 0.508 e. The SMILES string of the molecule is O=C(NCC(F)(F)F)Nc1ccc(O)cc1Cl. The average molecular weight is 269 g/mol. The highest BCUT2D eigenvalue weighted by molar-refractivity contribution is 6.33. The van der Waals surface area contributed by atoms with Crippen LogP contribution in [0.15, 0.2) is 18.2 Å². The van der Waals surface area contributed by atoms with E-state index in [2.05, 4.69) is 5.32 Å². The summed E-state index contributed by atoms with van der Waals surface area (Å²) < 4.78 is 35.4. The van der Waals surface area contributed by atoms with Crippen LogP contribution in [0.1, 0.15) is 0 Å². The zero-order valence-corrected chi connectivity index (χ0v) is 9.06. The summed E-state index contributed by atoms with van der Waals surface area (Å²) in [7, 11) is 0.